The molecule has 17 heavy (non-hydrogen) atoms. The van der Waals surface area contributed by atoms with Crippen molar-refractivity contribution in [3.8, 4) is 0 Å². The summed E-state index contributed by atoms with van der Waals surface area (Å²) in [6.45, 7) is 7.96. The Morgan fingerprint density at radius 2 is 2.12 bits per heavy atom. The maximum atomic E-state index is 5.85. The largest absolute Gasteiger partial charge is 0.373 e. The van der Waals surface area contributed by atoms with E-state index in [0.717, 1.165) is 24.5 Å². The normalized spacial score (nSPS) is 22.6. The van der Waals surface area contributed by atoms with Gasteiger partial charge in [-0.3, -0.25) is 0 Å². The first-order chi connectivity index (χ1) is 8.08. The highest BCUT2D eigenvalue weighted by Gasteiger charge is 2.25. The van der Waals surface area contributed by atoms with Crippen molar-refractivity contribution in [2.24, 2.45) is 5.73 Å². The Kier molecular flexibility index (Phi) is 3.54. The first kappa shape index (κ1) is 12.2. The lowest BCUT2D eigenvalue weighted by Crippen LogP contribution is -2.50. The Morgan fingerprint density at radius 3 is 2.76 bits per heavy atom. The van der Waals surface area contributed by atoms with Gasteiger partial charge in [-0.25, -0.2) is 4.98 Å². The molecule has 2 N–H and O–H groups in total. The maximum absolute atomic E-state index is 5.85. The highest BCUT2D eigenvalue weighted by atomic mass is 16.5. The molecule has 1 aromatic heterocycles. The average molecular weight is 237 g/mol. The summed E-state index contributed by atoms with van der Waals surface area (Å²) in [7, 11) is 0. The third-order valence-corrected chi connectivity index (χ3v) is 3.04. The van der Waals surface area contributed by atoms with Gasteiger partial charge in [0.2, 0.25) is 5.95 Å². The van der Waals surface area contributed by atoms with Gasteiger partial charge in [-0.2, -0.15) is 5.10 Å². The van der Waals surface area contributed by atoms with Crippen LogP contribution in [0.25, 0.3) is 0 Å². The number of hydrogen-bond donors (Lipinski definition) is 1. The van der Waals surface area contributed by atoms with E-state index in [1.807, 2.05) is 20.8 Å². The summed E-state index contributed by atoms with van der Waals surface area (Å²) >= 11 is 0. The molecule has 2 unspecified atom stereocenters. The van der Waals surface area contributed by atoms with Crippen LogP contribution in [0.2, 0.25) is 0 Å². The van der Waals surface area contributed by atoms with E-state index in [2.05, 4.69) is 20.1 Å². The molecule has 1 aromatic rings. The molecule has 6 heteroatoms. The average Bonchev–Trinajstić information content (AvgIpc) is 2.33. The molecule has 94 valence electrons. The molecular formula is C11H19N5O. The Balaban J connectivity index is 2.13. The first-order valence-electron chi connectivity index (χ1n) is 5.88. The number of hydrogen-bond acceptors (Lipinski definition) is 6. The molecule has 0 aliphatic carbocycles. The highest BCUT2D eigenvalue weighted by molar-refractivity contribution is 5.30. The van der Waals surface area contributed by atoms with Crippen LogP contribution in [-0.4, -0.2) is 47.0 Å². The molecule has 1 saturated heterocycles. The van der Waals surface area contributed by atoms with E-state index < -0.39 is 0 Å². The van der Waals surface area contributed by atoms with Crippen LogP contribution in [0.15, 0.2) is 0 Å². The Bertz CT molecular complexity index is 395. The number of aromatic nitrogens is 3. The van der Waals surface area contributed by atoms with Gasteiger partial charge in [0.25, 0.3) is 0 Å². The molecule has 2 heterocycles. The van der Waals surface area contributed by atoms with Crippen LogP contribution in [0, 0.1) is 13.8 Å². The zero-order valence-corrected chi connectivity index (χ0v) is 10.6. The Labute approximate surface area is 101 Å². The second kappa shape index (κ2) is 4.93. The summed E-state index contributed by atoms with van der Waals surface area (Å²) in [6.07, 6.45) is 0.0361. The van der Waals surface area contributed by atoms with Gasteiger partial charge >= 0.3 is 0 Å². The molecule has 0 amide bonds. The molecule has 2 rings (SSSR count). The minimum Gasteiger partial charge on any atom is -0.373 e. The van der Waals surface area contributed by atoms with Gasteiger partial charge in [0.1, 0.15) is 0 Å². The van der Waals surface area contributed by atoms with E-state index >= 15 is 0 Å². The molecule has 1 aliphatic rings. The van der Waals surface area contributed by atoms with Crippen LogP contribution in [0.3, 0.4) is 0 Å². The van der Waals surface area contributed by atoms with Gasteiger partial charge in [0.15, 0.2) is 0 Å². The second-order valence-electron chi connectivity index (χ2n) is 4.50. The van der Waals surface area contributed by atoms with E-state index in [-0.39, 0.29) is 12.1 Å². The molecule has 0 saturated carbocycles. The van der Waals surface area contributed by atoms with Crippen LogP contribution in [0.1, 0.15) is 18.3 Å². The number of anilines is 1. The van der Waals surface area contributed by atoms with Crippen LogP contribution >= 0.6 is 0 Å². The van der Waals surface area contributed by atoms with Crippen LogP contribution in [0.5, 0.6) is 0 Å². The Hall–Kier alpha value is -1.27. The first-order valence-corrected chi connectivity index (χ1v) is 5.88. The van der Waals surface area contributed by atoms with Gasteiger partial charge < -0.3 is 15.4 Å². The lowest BCUT2D eigenvalue weighted by molar-refractivity contribution is 0.0270. The number of aryl methyl sites for hydroxylation is 2. The van der Waals surface area contributed by atoms with Gasteiger partial charge in [-0.15, -0.1) is 5.10 Å². The zero-order valence-electron chi connectivity index (χ0n) is 10.6. The fourth-order valence-corrected chi connectivity index (χ4v) is 1.75. The second-order valence-corrected chi connectivity index (χ2v) is 4.50. The molecule has 0 radical (unpaired) electrons. The van der Waals surface area contributed by atoms with E-state index in [0.29, 0.717) is 12.6 Å². The summed E-state index contributed by atoms with van der Waals surface area (Å²) in [5, 5.41) is 8.22. The van der Waals surface area contributed by atoms with Crippen LogP contribution in [-0.2, 0) is 4.74 Å². The summed E-state index contributed by atoms with van der Waals surface area (Å²) in [5.41, 5.74) is 7.64. The van der Waals surface area contributed by atoms with Crippen molar-refractivity contribution in [2.75, 3.05) is 24.6 Å². The van der Waals surface area contributed by atoms with Crippen molar-refractivity contribution in [2.45, 2.75) is 32.9 Å². The zero-order chi connectivity index (χ0) is 12.4. The smallest absolute Gasteiger partial charge is 0.245 e. The third-order valence-electron chi connectivity index (χ3n) is 3.04. The molecular weight excluding hydrogens is 218 g/mol. The van der Waals surface area contributed by atoms with E-state index in [1.54, 1.807) is 0 Å². The molecule has 2 atom stereocenters. The third kappa shape index (κ3) is 2.70. The number of morpholine rings is 1. The van der Waals surface area contributed by atoms with E-state index in [4.69, 9.17) is 10.5 Å². The summed E-state index contributed by atoms with van der Waals surface area (Å²) in [4.78, 5) is 6.53. The molecule has 0 bridgehead atoms. The predicted octanol–water partition coefficient (Wildman–Crippen LogP) is 0.0408. The SMILES string of the molecule is Cc1nnc(N2CCOC(C(C)N)C2)nc1C. The Morgan fingerprint density at radius 1 is 1.35 bits per heavy atom. The van der Waals surface area contributed by atoms with Crippen LogP contribution < -0.4 is 10.6 Å². The molecule has 0 spiro atoms. The quantitative estimate of drug-likeness (QED) is 0.782. The number of rotatable bonds is 2. The van der Waals surface area contributed by atoms with Crippen molar-refractivity contribution < 1.29 is 4.74 Å². The molecule has 1 fully saturated rings. The summed E-state index contributed by atoms with van der Waals surface area (Å²) in [6, 6.07) is 0.0114. The van der Waals surface area contributed by atoms with Crippen molar-refractivity contribution in [1.82, 2.24) is 15.2 Å². The van der Waals surface area contributed by atoms with Crippen molar-refractivity contribution in [3.05, 3.63) is 11.4 Å². The monoisotopic (exact) mass is 237 g/mol. The fraction of sp³-hybridized carbons (Fsp3) is 0.727. The lowest BCUT2D eigenvalue weighted by atomic mass is 10.1. The van der Waals surface area contributed by atoms with Gasteiger partial charge in [-0.1, -0.05) is 0 Å². The van der Waals surface area contributed by atoms with Crippen molar-refractivity contribution in [3.63, 3.8) is 0 Å². The van der Waals surface area contributed by atoms with Crippen LogP contribution in [0.4, 0.5) is 5.95 Å². The predicted molar refractivity (Wildman–Crippen MR) is 64.9 cm³/mol. The van der Waals surface area contributed by atoms with Gasteiger partial charge in [-0.05, 0) is 20.8 Å². The molecule has 6 nitrogen and oxygen atoms in total. The number of ether oxygens (including phenoxy) is 1. The van der Waals surface area contributed by atoms with Crippen molar-refractivity contribution in [1.29, 1.82) is 0 Å². The maximum Gasteiger partial charge on any atom is 0.245 e. The number of nitrogens with zero attached hydrogens (tertiary/aromatic N) is 4. The van der Waals surface area contributed by atoms with Gasteiger partial charge in [0, 0.05) is 19.1 Å². The summed E-state index contributed by atoms with van der Waals surface area (Å²) < 4.78 is 5.60. The standard InChI is InChI=1S/C11H19N5O/c1-7(12)10-6-16(4-5-17-10)11-13-8(2)9(3)14-15-11/h7,10H,4-6,12H2,1-3H3. The number of nitrogens with two attached hydrogens (primary N) is 1. The van der Waals surface area contributed by atoms with E-state index in [9.17, 15) is 0 Å². The van der Waals surface area contributed by atoms with Crippen molar-refractivity contribution >= 4 is 5.95 Å². The lowest BCUT2D eigenvalue weighted by Gasteiger charge is -2.34. The highest BCUT2D eigenvalue weighted by Crippen LogP contribution is 2.14. The van der Waals surface area contributed by atoms with E-state index in [1.165, 1.54) is 0 Å². The summed E-state index contributed by atoms with van der Waals surface area (Å²) in [5.74, 6) is 0.669. The topological polar surface area (TPSA) is 77.2 Å². The minimum absolute atomic E-state index is 0.0114. The van der Waals surface area contributed by atoms with Gasteiger partial charge in [0.05, 0.1) is 24.1 Å². The fourth-order valence-electron chi connectivity index (χ4n) is 1.75. The minimum atomic E-state index is 0.0114. The molecule has 1 aliphatic heterocycles. The molecule has 0 aromatic carbocycles.